The Morgan fingerprint density at radius 1 is 0.464 bits per heavy atom. The van der Waals surface area contributed by atoms with Crippen molar-refractivity contribution in [2.24, 2.45) is 11.8 Å². The molecule has 458 valence electrons. The lowest BCUT2D eigenvalue weighted by atomic mass is 10.1. The number of carbonyl (C=O) groups excluding carboxylic acids is 4. The summed E-state index contributed by atoms with van der Waals surface area (Å²) in [5.74, 6) is 1.10. The molecule has 0 saturated heterocycles. The minimum atomic E-state index is -2.73. The topological polar surface area (TPSA) is 105 Å². The summed E-state index contributed by atoms with van der Waals surface area (Å²) in [4.78, 5) is 48.2. The van der Waals surface area contributed by atoms with Gasteiger partial charge in [-0.3, -0.25) is 19.2 Å². The molecule has 13 heteroatoms. The van der Waals surface area contributed by atoms with Gasteiger partial charge in [0, 0.05) is 22.3 Å². The quantitative estimate of drug-likeness (QED) is 0.109. The van der Waals surface area contributed by atoms with Crippen LogP contribution in [0.5, 0.6) is 0 Å². The van der Waals surface area contributed by atoms with E-state index in [1.807, 2.05) is 72.2 Å². The van der Waals surface area contributed by atoms with E-state index in [0.29, 0.717) is 17.4 Å². The second-order valence-electron chi connectivity index (χ2n) is 28.8. The Balaban J connectivity index is 0.000000249. The van der Waals surface area contributed by atoms with Crippen LogP contribution >= 0.6 is 11.3 Å². The number of hydrogen-bond donors (Lipinski definition) is 0. The van der Waals surface area contributed by atoms with E-state index in [2.05, 4.69) is 211 Å². The van der Waals surface area contributed by atoms with E-state index in [1.165, 1.54) is 10.4 Å². The molecule has 7 rings (SSSR count). The highest BCUT2D eigenvalue weighted by molar-refractivity contribution is 7.08. The highest BCUT2D eigenvalue weighted by atomic mass is 32.1. The first-order valence-electron chi connectivity index (χ1n) is 30.3. The zero-order valence-electron chi connectivity index (χ0n) is 55.5. The summed E-state index contributed by atoms with van der Waals surface area (Å²) in [6, 6.07) is 23.1. The average molecular weight is 1230 g/mol. The number of hydrogen-bond acceptors (Lipinski definition) is 9. The van der Waals surface area contributed by atoms with Crippen LogP contribution in [0.1, 0.15) is 136 Å². The SMILES string of the molecule is CC(C)(C)[Si](OC1C=CC(=O)C1=Cc1ccsc1)(c1ccccc1)c1ccccc1.CC(C)/C=C1/C(=O)C=CC1O[Si](C)(C)C(C)(C)C.CC(C)/C=C1\C(=O)C=CC1O[Si](C)(C)C(C)(C)C.CCCC=C1C(=O)C=CC1O[Si](C)(C)C(C)(C)C. The van der Waals surface area contributed by atoms with Gasteiger partial charge in [-0.2, -0.15) is 11.3 Å². The summed E-state index contributed by atoms with van der Waals surface area (Å²) in [6.45, 7) is 50.5. The van der Waals surface area contributed by atoms with Crippen LogP contribution in [-0.2, 0) is 36.9 Å². The first-order chi connectivity index (χ1) is 38.7. The van der Waals surface area contributed by atoms with E-state index in [9.17, 15) is 19.2 Å². The summed E-state index contributed by atoms with van der Waals surface area (Å²) >= 11 is 1.63. The molecule has 0 aliphatic heterocycles. The molecule has 2 aromatic carbocycles. The van der Waals surface area contributed by atoms with Gasteiger partial charge < -0.3 is 17.7 Å². The van der Waals surface area contributed by atoms with Crippen molar-refractivity contribution in [3.05, 3.63) is 172 Å². The van der Waals surface area contributed by atoms with Gasteiger partial charge in [-0.15, -0.1) is 0 Å². The van der Waals surface area contributed by atoms with E-state index in [-0.39, 0.29) is 67.7 Å². The van der Waals surface area contributed by atoms with Gasteiger partial charge >= 0.3 is 0 Å². The summed E-state index contributed by atoms with van der Waals surface area (Å²) < 4.78 is 26.1. The van der Waals surface area contributed by atoms with Gasteiger partial charge in [-0.25, -0.2) is 0 Å². The number of allylic oxidation sites excluding steroid dienone is 7. The smallest absolute Gasteiger partial charge is 0.262 e. The predicted octanol–water partition coefficient (Wildman–Crippen LogP) is 17.7. The Morgan fingerprint density at radius 2 is 0.798 bits per heavy atom. The summed E-state index contributed by atoms with van der Waals surface area (Å²) in [5, 5.41) is 6.86. The molecule has 1 heterocycles. The minimum Gasteiger partial charge on any atom is -0.406 e. The van der Waals surface area contributed by atoms with Crippen molar-refractivity contribution >= 4 is 84.2 Å². The van der Waals surface area contributed by atoms with Crippen LogP contribution in [0, 0.1) is 11.8 Å². The number of thiophene rings is 1. The molecule has 0 radical (unpaired) electrons. The number of ketones is 4. The molecule has 1 aromatic heterocycles. The van der Waals surface area contributed by atoms with Crippen LogP contribution in [0.3, 0.4) is 0 Å². The Bertz CT molecular complexity index is 2840. The van der Waals surface area contributed by atoms with Gasteiger partial charge in [-0.1, -0.05) is 203 Å². The minimum absolute atomic E-state index is 0.0316. The van der Waals surface area contributed by atoms with Crippen LogP contribution in [0.4, 0.5) is 0 Å². The van der Waals surface area contributed by atoms with Gasteiger partial charge in [0.25, 0.3) is 8.32 Å². The van der Waals surface area contributed by atoms with E-state index in [0.717, 1.165) is 35.1 Å². The van der Waals surface area contributed by atoms with Crippen LogP contribution < -0.4 is 10.4 Å². The second-order valence-corrected chi connectivity index (χ2v) is 48.1. The summed E-state index contributed by atoms with van der Waals surface area (Å²) in [7, 11) is -8.23. The maximum atomic E-state index is 12.7. The van der Waals surface area contributed by atoms with Crippen LogP contribution in [-0.4, -0.2) is 80.8 Å². The Labute approximate surface area is 516 Å². The predicted molar refractivity (Wildman–Crippen MR) is 366 cm³/mol. The number of rotatable bonds is 15. The van der Waals surface area contributed by atoms with Crippen LogP contribution in [0.2, 0.25) is 59.4 Å². The summed E-state index contributed by atoms with van der Waals surface area (Å²) in [6.07, 6.45) is 23.5. The van der Waals surface area contributed by atoms with Gasteiger partial charge in [0.05, 0.1) is 24.4 Å². The van der Waals surface area contributed by atoms with Crippen molar-refractivity contribution in [1.82, 2.24) is 0 Å². The van der Waals surface area contributed by atoms with Crippen LogP contribution in [0.25, 0.3) is 6.08 Å². The lowest BCUT2D eigenvalue weighted by Gasteiger charge is -2.44. The highest BCUT2D eigenvalue weighted by Crippen LogP contribution is 2.43. The molecule has 3 aromatic rings. The third-order valence-electron chi connectivity index (χ3n) is 17.0. The van der Waals surface area contributed by atoms with Crippen molar-refractivity contribution in [2.45, 2.75) is 214 Å². The van der Waals surface area contributed by atoms with Crippen molar-refractivity contribution in [2.75, 3.05) is 0 Å². The molecule has 0 spiro atoms. The number of benzene rings is 2. The highest BCUT2D eigenvalue weighted by Gasteiger charge is 2.52. The van der Waals surface area contributed by atoms with Crippen molar-refractivity contribution < 1.29 is 36.9 Å². The second kappa shape index (κ2) is 29.4. The van der Waals surface area contributed by atoms with E-state index in [1.54, 1.807) is 35.6 Å². The van der Waals surface area contributed by atoms with Gasteiger partial charge in [0.2, 0.25) is 0 Å². The fraction of sp³-hybridized carbons (Fsp3) is 0.493. The monoisotopic (exact) mass is 1230 g/mol. The van der Waals surface area contributed by atoms with E-state index in [4.69, 9.17) is 17.7 Å². The molecule has 0 N–H and O–H groups in total. The maximum Gasteiger partial charge on any atom is 0.262 e. The molecule has 84 heavy (non-hydrogen) atoms. The fourth-order valence-electron chi connectivity index (χ4n) is 9.11. The average Bonchev–Trinajstić information content (AvgIpc) is 1.20. The molecule has 0 saturated carbocycles. The molecular formula is C71H104O8SSi4. The third kappa shape index (κ3) is 19.0. The van der Waals surface area contributed by atoms with Gasteiger partial charge in [0.1, 0.15) is 0 Å². The van der Waals surface area contributed by atoms with Crippen molar-refractivity contribution in [3.63, 3.8) is 0 Å². The molecule has 4 atom stereocenters. The van der Waals surface area contributed by atoms with Gasteiger partial charge in [0.15, 0.2) is 48.1 Å². The van der Waals surface area contributed by atoms with Gasteiger partial charge in [-0.05, 0) is 165 Å². The first-order valence-corrected chi connectivity index (χ1v) is 41.9. The Morgan fingerprint density at radius 3 is 1.11 bits per heavy atom. The van der Waals surface area contributed by atoms with Crippen molar-refractivity contribution in [1.29, 1.82) is 0 Å². The molecule has 8 nitrogen and oxygen atoms in total. The first kappa shape index (κ1) is 71.9. The molecular weight excluding hydrogens is 1130 g/mol. The Hall–Kier alpha value is -4.55. The van der Waals surface area contributed by atoms with E-state index < -0.39 is 33.3 Å². The lowest BCUT2D eigenvalue weighted by molar-refractivity contribution is -0.112. The lowest BCUT2D eigenvalue weighted by Crippen LogP contribution is -2.67. The largest absolute Gasteiger partial charge is 0.406 e. The Kier molecular flexibility index (Phi) is 25.2. The standard InChI is InChI=1S/C26H26O2SSi.3C15H26O2Si/c1-26(2,3)30(21-10-6-4-7-11-21,22-12-8-5-9-13-22)28-25-15-14-24(27)23(25)18-20-16-17-29-19-20;2*1-11(2)10-12-13(16)8-9-14(12)17-18(6,7)15(3,4)5;1-7-8-9-12-13(16)10-11-14(12)17-18(5,6)15(2,3)4/h4-19,25H,1-3H3;2*8-11,14H,1-7H3;9-11,14H,7-8H2,1-6H3/b;12-10+;12-10-;. The molecule has 0 fully saturated rings. The van der Waals surface area contributed by atoms with E-state index >= 15 is 0 Å². The number of unbranched alkanes of at least 4 members (excludes halogenated alkanes) is 1. The molecule has 4 aliphatic rings. The maximum absolute atomic E-state index is 12.7. The molecule has 0 amide bonds. The number of carbonyl (C=O) groups is 4. The molecule has 0 bridgehead atoms. The molecule has 4 unspecified atom stereocenters. The van der Waals surface area contributed by atoms with Crippen LogP contribution in [0.15, 0.2) is 167 Å². The summed E-state index contributed by atoms with van der Waals surface area (Å²) in [5.41, 5.74) is 4.22. The zero-order valence-corrected chi connectivity index (χ0v) is 60.3. The van der Waals surface area contributed by atoms with Crippen molar-refractivity contribution in [3.8, 4) is 0 Å². The zero-order chi connectivity index (χ0) is 63.4. The third-order valence-corrected chi connectivity index (χ3v) is 36.1. The normalized spacial score (nSPS) is 21.5. The fourth-order valence-corrected chi connectivity index (χ4v) is 17.9. The molecule has 4 aliphatic carbocycles.